The van der Waals surface area contributed by atoms with Crippen molar-refractivity contribution in [2.45, 2.75) is 65.8 Å². The third kappa shape index (κ3) is 41.8. The van der Waals surface area contributed by atoms with Gasteiger partial charge in [0.05, 0.1) is 152 Å². The maximum absolute atomic E-state index is 11.9. The summed E-state index contributed by atoms with van der Waals surface area (Å²) < 4.78 is 65.5. The Morgan fingerprint density at radius 2 is 0.719 bits per heavy atom. The van der Waals surface area contributed by atoms with E-state index in [4.69, 9.17) is 61.9 Å². The second-order valence-corrected chi connectivity index (χ2v) is 13.5. The zero-order valence-electron chi connectivity index (χ0n) is 35.1. The van der Waals surface area contributed by atoms with E-state index in [0.717, 1.165) is 0 Å². The summed E-state index contributed by atoms with van der Waals surface area (Å²) in [7, 11) is 0. The number of amides is 1. The zero-order chi connectivity index (χ0) is 42.1. The van der Waals surface area contributed by atoms with Crippen LogP contribution in [-0.2, 0) is 76.0 Å². The van der Waals surface area contributed by atoms with Crippen molar-refractivity contribution in [2.24, 2.45) is 5.41 Å². The molecule has 0 saturated heterocycles. The number of ketones is 2. The van der Waals surface area contributed by atoms with Crippen LogP contribution in [0.25, 0.3) is 0 Å². The molecule has 0 rings (SSSR count). The van der Waals surface area contributed by atoms with E-state index in [0.29, 0.717) is 178 Å². The van der Waals surface area contributed by atoms with E-state index in [9.17, 15) is 19.2 Å². The Kier molecular flexibility index (Phi) is 39.0. The van der Waals surface area contributed by atoms with Crippen molar-refractivity contribution >= 4 is 23.4 Å². The average Bonchev–Trinajstić information content (AvgIpc) is 3.16. The molecule has 0 saturated carbocycles. The summed E-state index contributed by atoms with van der Waals surface area (Å²) in [6.07, 6.45) is 1.40. The van der Waals surface area contributed by atoms with Gasteiger partial charge in [0.25, 0.3) is 0 Å². The molecule has 0 aromatic heterocycles. The van der Waals surface area contributed by atoms with Gasteiger partial charge in [0.15, 0.2) is 0 Å². The Morgan fingerprint density at radius 1 is 0.439 bits per heavy atom. The predicted octanol–water partition coefficient (Wildman–Crippen LogP) is 1.91. The molecule has 0 aliphatic heterocycles. The first-order valence-electron chi connectivity index (χ1n) is 20.0. The summed E-state index contributed by atoms with van der Waals surface area (Å²) in [5.74, 6) is -1.47. The van der Waals surface area contributed by atoms with Crippen LogP contribution in [0.2, 0.25) is 0 Å². The van der Waals surface area contributed by atoms with Gasteiger partial charge in [-0.25, -0.2) is 4.79 Å². The first-order chi connectivity index (χ1) is 27.5. The van der Waals surface area contributed by atoms with Crippen LogP contribution in [0.15, 0.2) is 0 Å². The van der Waals surface area contributed by atoms with E-state index in [-0.39, 0.29) is 29.8 Å². The molecule has 57 heavy (non-hydrogen) atoms. The molecule has 0 aromatic rings. The molecule has 18 heteroatoms. The van der Waals surface area contributed by atoms with Crippen molar-refractivity contribution in [1.29, 1.82) is 0 Å². The van der Waals surface area contributed by atoms with Crippen LogP contribution >= 0.6 is 0 Å². The van der Waals surface area contributed by atoms with Gasteiger partial charge < -0.3 is 67.3 Å². The highest BCUT2D eigenvalue weighted by atomic mass is 16.6. The van der Waals surface area contributed by atoms with E-state index >= 15 is 0 Å². The summed E-state index contributed by atoms with van der Waals surface area (Å²) in [6, 6.07) is -1.05. The van der Waals surface area contributed by atoms with Crippen molar-refractivity contribution < 1.29 is 81.1 Å². The highest BCUT2D eigenvalue weighted by Crippen LogP contribution is 2.16. The molecule has 0 unspecified atom stereocenters. The van der Waals surface area contributed by atoms with E-state index in [1.54, 1.807) is 0 Å². The largest absolute Gasteiger partial charge is 0.480 e. The minimum absolute atomic E-state index is 0.0671. The predicted molar refractivity (Wildman–Crippen MR) is 208 cm³/mol. The Hall–Kier alpha value is -2.20. The van der Waals surface area contributed by atoms with Crippen molar-refractivity contribution in [2.75, 3.05) is 159 Å². The second-order valence-electron chi connectivity index (χ2n) is 13.5. The lowest BCUT2D eigenvalue weighted by molar-refractivity contribution is -0.141. The fourth-order valence-corrected chi connectivity index (χ4v) is 4.37. The molecule has 18 nitrogen and oxygen atoms in total. The standard InChI is InChI=1S/C39H73NO17/c1-34(41)40-36(38(44)45)8-7-35(42)6-5-10-46-12-14-48-16-18-50-20-22-52-24-26-54-28-30-56-32-33-57-31-29-55-27-25-53-23-21-51-19-17-49-15-13-47-11-9-37(43)39(2,3)4/h36H,5-33H2,1-4H3,(H,40,41)(H,44,45)/t36-/m0/s1. The smallest absolute Gasteiger partial charge is 0.326 e. The molecular weight excluding hydrogens is 754 g/mol. The summed E-state index contributed by atoms with van der Waals surface area (Å²) >= 11 is 0. The summed E-state index contributed by atoms with van der Waals surface area (Å²) in [4.78, 5) is 45.9. The van der Waals surface area contributed by atoms with E-state index in [2.05, 4.69) is 5.32 Å². The van der Waals surface area contributed by atoms with E-state index < -0.39 is 17.9 Å². The van der Waals surface area contributed by atoms with Gasteiger partial charge in [0, 0.05) is 38.2 Å². The van der Waals surface area contributed by atoms with Crippen LogP contribution in [0.1, 0.15) is 59.8 Å². The maximum atomic E-state index is 11.9. The molecule has 0 bridgehead atoms. The third-order valence-electron chi connectivity index (χ3n) is 7.53. The maximum Gasteiger partial charge on any atom is 0.326 e. The monoisotopic (exact) mass is 827 g/mol. The van der Waals surface area contributed by atoms with E-state index in [1.165, 1.54) is 6.92 Å². The van der Waals surface area contributed by atoms with Crippen LogP contribution in [0.5, 0.6) is 0 Å². The highest BCUT2D eigenvalue weighted by molar-refractivity contribution is 5.84. The zero-order valence-corrected chi connectivity index (χ0v) is 35.1. The van der Waals surface area contributed by atoms with Crippen LogP contribution in [0.4, 0.5) is 0 Å². The number of rotatable bonds is 45. The molecule has 2 N–H and O–H groups in total. The van der Waals surface area contributed by atoms with Gasteiger partial charge >= 0.3 is 5.97 Å². The summed E-state index contributed by atoms with van der Waals surface area (Å²) in [6.45, 7) is 17.9. The number of nitrogens with one attached hydrogen (secondary N) is 1. The lowest BCUT2D eigenvalue weighted by Gasteiger charge is -2.16. The van der Waals surface area contributed by atoms with E-state index in [1.807, 2.05) is 20.8 Å². The number of carbonyl (C=O) groups is 4. The highest BCUT2D eigenvalue weighted by Gasteiger charge is 2.20. The summed E-state index contributed by atoms with van der Waals surface area (Å²) in [5.41, 5.74) is -0.324. The fourth-order valence-electron chi connectivity index (χ4n) is 4.37. The first kappa shape index (κ1) is 54.8. The SMILES string of the molecule is CC(=O)N[C@@H](CCC(=O)CCCOCCOCCOCCOCCOCCOCCOCCOCCOCCOCCOCCOCCC(=O)C(C)(C)C)C(=O)O. The Balaban J connectivity index is 3.20. The normalized spacial score (nSPS) is 12.2. The van der Waals surface area contributed by atoms with Crippen LogP contribution in [-0.4, -0.2) is 193 Å². The van der Waals surface area contributed by atoms with Crippen LogP contribution in [0, 0.1) is 5.41 Å². The van der Waals surface area contributed by atoms with Gasteiger partial charge in [0.1, 0.15) is 17.6 Å². The van der Waals surface area contributed by atoms with Gasteiger partial charge in [-0.2, -0.15) is 0 Å². The second kappa shape index (κ2) is 40.6. The number of carboxylic acids is 1. The minimum atomic E-state index is -1.15. The van der Waals surface area contributed by atoms with Gasteiger partial charge in [0.2, 0.25) is 5.91 Å². The number of hydrogen-bond acceptors (Lipinski definition) is 16. The van der Waals surface area contributed by atoms with Crippen molar-refractivity contribution in [3.05, 3.63) is 0 Å². The lowest BCUT2D eigenvalue weighted by atomic mass is 9.89. The topological polar surface area (TPSA) is 211 Å². The fraction of sp³-hybridized carbons (Fsp3) is 0.897. The first-order valence-corrected chi connectivity index (χ1v) is 20.0. The van der Waals surface area contributed by atoms with Gasteiger partial charge in [-0.05, 0) is 12.8 Å². The number of ether oxygens (including phenoxy) is 12. The molecule has 0 aliphatic rings. The van der Waals surface area contributed by atoms with Crippen molar-refractivity contribution in [3.63, 3.8) is 0 Å². The van der Waals surface area contributed by atoms with Crippen LogP contribution in [0.3, 0.4) is 0 Å². The molecule has 1 amide bonds. The van der Waals surface area contributed by atoms with Gasteiger partial charge in [-0.3, -0.25) is 14.4 Å². The molecule has 1 atom stereocenters. The Labute approximate surface area is 339 Å². The molecule has 0 aliphatic carbocycles. The minimum Gasteiger partial charge on any atom is -0.480 e. The van der Waals surface area contributed by atoms with Crippen molar-refractivity contribution in [1.82, 2.24) is 5.32 Å². The Bertz CT molecular complexity index is 966. The van der Waals surface area contributed by atoms with Crippen molar-refractivity contribution in [3.8, 4) is 0 Å². The lowest BCUT2D eigenvalue weighted by Crippen LogP contribution is -2.39. The number of carbonyl (C=O) groups excluding carboxylic acids is 3. The molecule has 0 heterocycles. The van der Waals surface area contributed by atoms with Gasteiger partial charge in [-0.15, -0.1) is 0 Å². The molecule has 0 radical (unpaired) electrons. The average molecular weight is 828 g/mol. The molecule has 0 fully saturated rings. The third-order valence-corrected chi connectivity index (χ3v) is 7.53. The molecule has 336 valence electrons. The molecule has 0 spiro atoms. The molecular formula is C39H73NO17. The Morgan fingerprint density at radius 3 is 0.982 bits per heavy atom. The number of aliphatic carboxylic acids is 1. The number of hydrogen-bond donors (Lipinski definition) is 2. The summed E-state index contributed by atoms with van der Waals surface area (Å²) in [5, 5.41) is 11.4. The number of Topliss-reactive ketones (excluding diaryl/α,β-unsaturated/α-hetero) is 2. The number of carboxylic acid groups (broad SMARTS) is 1. The van der Waals surface area contributed by atoms with Crippen LogP contribution < -0.4 is 5.32 Å². The molecule has 0 aromatic carbocycles. The van der Waals surface area contributed by atoms with Gasteiger partial charge in [-0.1, -0.05) is 20.8 Å². The quantitative estimate of drug-likeness (QED) is 0.0840.